The number of aliphatic imine (C=N–C) groups is 1. The van der Waals surface area contributed by atoms with Crippen molar-refractivity contribution in [2.75, 3.05) is 20.5 Å². The van der Waals surface area contributed by atoms with Gasteiger partial charge in [-0.3, -0.25) is 0 Å². The molecular weight excluding hydrogens is 343 g/mol. The average molecular weight is 356 g/mol. The molecule has 0 saturated carbocycles. The fourth-order valence-electron chi connectivity index (χ4n) is 0.873. The Kier molecular flexibility index (Phi) is 7.13. The Morgan fingerprint density at radius 3 is 2.69 bits per heavy atom. The second-order valence-corrected chi connectivity index (χ2v) is 3.28. The van der Waals surface area contributed by atoms with Gasteiger partial charge in [-0.2, -0.15) is 0 Å². The lowest BCUT2D eigenvalue weighted by Crippen LogP contribution is -3.00. The number of H-pyrrole nitrogens is 1. The van der Waals surface area contributed by atoms with Gasteiger partial charge in [-0.1, -0.05) is 11.8 Å². The van der Waals surface area contributed by atoms with E-state index in [4.69, 9.17) is 15.2 Å². The van der Waals surface area contributed by atoms with E-state index in [0.29, 0.717) is 22.7 Å². The van der Waals surface area contributed by atoms with Crippen LogP contribution in [0.3, 0.4) is 0 Å². The molecule has 8 heteroatoms. The summed E-state index contributed by atoms with van der Waals surface area (Å²) in [6, 6.07) is 0.355. The third-order valence-corrected chi connectivity index (χ3v) is 2.09. The first kappa shape index (κ1) is 15.2. The SMILES string of the molecule is COc1nc(OC)c(N=C(N)SC)c[nH+]1.[I-]. The number of aromatic nitrogens is 2. The zero-order valence-electron chi connectivity index (χ0n) is 9.15. The predicted octanol–water partition coefficient (Wildman–Crippen LogP) is -2.77. The number of hydrogen-bond acceptors (Lipinski definition) is 5. The van der Waals surface area contributed by atoms with Crippen molar-refractivity contribution in [2.45, 2.75) is 0 Å². The van der Waals surface area contributed by atoms with Crippen molar-refractivity contribution >= 4 is 22.6 Å². The molecular formula is C8H13IN4O2S. The number of amidine groups is 1. The molecule has 0 saturated heterocycles. The van der Waals surface area contributed by atoms with Crippen molar-refractivity contribution in [3.63, 3.8) is 0 Å². The summed E-state index contributed by atoms with van der Waals surface area (Å²) in [5.41, 5.74) is 6.12. The quantitative estimate of drug-likeness (QED) is 0.360. The number of nitrogens with zero attached hydrogens (tertiary/aromatic N) is 2. The second-order valence-electron chi connectivity index (χ2n) is 2.46. The summed E-state index contributed by atoms with van der Waals surface area (Å²) in [5, 5.41) is 0.439. The normalized spacial score (nSPS) is 10.6. The summed E-state index contributed by atoms with van der Waals surface area (Å²) in [6.07, 6.45) is 3.46. The van der Waals surface area contributed by atoms with Crippen LogP contribution in [-0.4, -0.2) is 30.6 Å². The Morgan fingerprint density at radius 1 is 1.50 bits per heavy atom. The number of nitrogens with two attached hydrogens (primary N) is 1. The molecule has 0 unspecified atom stereocenters. The van der Waals surface area contributed by atoms with Crippen molar-refractivity contribution in [1.82, 2.24) is 4.98 Å². The van der Waals surface area contributed by atoms with Crippen molar-refractivity contribution < 1.29 is 38.4 Å². The molecule has 0 aromatic carbocycles. The smallest absolute Gasteiger partial charge is 0.499 e. The number of nitrogens with one attached hydrogen (secondary N) is 1. The first-order valence-corrected chi connectivity index (χ1v) is 5.32. The number of halogens is 1. The number of rotatable bonds is 3. The molecule has 0 aliphatic heterocycles. The lowest BCUT2D eigenvalue weighted by atomic mass is 10.5. The van der Waals surface area contributed by atoms with Crippen LogP contribution < -0.4 is 44.2 Å². The molecule has 1 aromatic heterocycles. The number of hydrogen-bond donors (Lipinski definition) is 1. The molecule has 1 heterocycles. The minimum absolute atomic E-state index is 0. The molecule has 16 heavy (non-hydrogen) atoms. The Balaban J connectivity index is 0.00000225. The second kappa shape index (κ2) is 7.49. The molecule has 0 aliphatic rings. The van der Waals surface area contributed by atoms with Gasteiger partial charge in [-0.15, -0.1) is 0 Å². The fraction of sp³-hybridized carbons (Fsp3) is 0.375. The zero-order chi connectivity index (χ0) is 11.3. The van der Waals surface area contributed by atoms with E-state index in [2.05, 4.69) is 15.0 Å². The molecule has 0 aliphatic carbocycles. The van der Waals surface area contributed by atoms with E-state index < -0.39 is 0 Å². The van der Waals surface area contributed by atoms with E-state index >= 15 is 0 Å². The van der Waals surface area contributed by atoms with Crippen LogP contribution in [-0.2, 0) is 0 Å². The van der Waals surface area contributed by atoms with Gasteiger partial charge in [-0.25, -0.2) is 9.98 Å². The predicted molar refractivity (Wildman–Crippen MR) is 58.7 cm³/mol. The summed E-state index contributed by atoms with van der Waals surface area (Å²) >= 11 is 1.35. The van der Waals surface area contributed by atoms with Crippen LogP contribution in [0.4, 0.5) is 5.69 Å². The maximum Gasteiger partial charge on any atom is 0.499 e. The third-order valence-electron chi connectivity index (χ3n) is 1.58. The molecule has 0 spiro atoms. The lowest BCUT2D eigenvalue weighted by molar-refractivity contribution is -0.397. The largest absolute Gasteiger partial charge is 1.00 e. The number of ether oxygens (including phenoxy) is 2. The van der Waals surface area contributed by atoms with E-state index in [1.54, 1.807) is 6.20 Å². The molecule has 1 aromatic rings. The van der Waals surface area contributed by atoms with Crippen LogP contribution in [0.2, 0.25) is 0 Å². The number of thioether (sulfide) groups is 1. The molecule has 0 fully saturated rings. The highest BCUT2D eigenvalue weighted by Gasteiger charge is 2.15. The number of aromatic amines is 1. The van der Waals surface area contributed by atoms with Gasteiger partial charge in [0.25, 0.3) is 0 Å². The van der Waals surface area contributed by atoms with E-state index in [9.17, 15) is 0 Å². The summed E-state index contributed by atoms with van der Waals surface area (Å²) in [7, 11) is 3.02. The minimum atomic E-state index is 0. The third kappa shape index (κ3) is 4.00. The Morgan fingerprint density at radius 2 is 2.19 bits per heavy atom. The van der Waals surface area contributed by atoms with E-state index in [1.807, 2.05) is 6.26 Å². The molecule has 6 nitrogen and oxygen atoms in total. The summed E-state index contributed by atoms with van der Waals surface area (Å²) < 4.78 is 9.96. The first-order valence-electron chi connectivity index (χ1n) is 4.10. The van der Waals surface area contributed by atoms with Crippen LogP contribution in [0, 0.1) is 0 Å². The molecule has 90 valence electrons. The topological polar surface area (TPSA) is 83.9 Å². The summed E-state index contributed by atoms with van der Waals surface area (Å²) in [6.45, 7) is 0. The van der Waals surface area contributed by atoms with E-state index in [1.165, 1.54) is 26.0 Å². The van der Waals surface area contributed by atoms with Crippen molar-refractivity contribution in [3.05, 3.63) is 6.20 Å². The van der Waals surface area contributed by atoms with Crippen molar-refractivity contribution in [1.29, 1.82) is 0 Å². The molecule has 0 radical (unpaired) electrons. The highest BCUT2D eigenvalue weighted by atomic mass is 127. The monoisotopic (exact) mass is 356 g/mol. The first-order chi connectivity index (χ1) is 7.21. The highest BCUT2D eigenvalue weighted by Crippen LogP contribution is 2.24. The summed E-state index contributed by atoms with van der Waals surface area (Å²) in [5.74, 6) is 0.364. The fourth-order valence-corrected chi connectivity index (χ4v) is 1.06. The van der Waals surface area contributed by atoms with Gasteiger partial charge >= 0.3 is 11.9 Å². The standard InChI is InChI=1S/C8H12N4O2S.HI/c1-13-6-5(11-7(9)15-3)4-10-8(12-6)14-2;/h4H,1-3H3,(H2,9,11);1H. The van der Waals surface area contributed by atoms with Crippen LogP contribution in [0.5, 0.6) is 11.9 Å². The lowest BCUT2D eigenvalue weighted by Gasteiger charge is -1.98. The Hall–Kier alpha value is -0.770. The van der Waals surface area contributed by atoms with Gasteiger partial charge in [0.1, 0.15) is 6.20 Å². The van der Waals surface area contributed by atoms with Crippen molar-refractivity contribution in [3.8, 4) is 11.9 Å². The van der Waals surface area contributed by atoms with Crippen LogP contribution in [0.25, 0.3) is 0 Å². The van der Waals surface area contributed by atoms with Crippen LogP contribution in [0.1, 0.15) is 0 Å². The van der Waals surface area contributed by atoms with E-state index in [-0.39, 0.29) is 24.0 Å². The van der Waals surface area contributed by atoms with Gasteiger partial charge < -0.3 is 39.2 Å². The molecule has 1 rings (SSSR count). The maximum atomic E-state index is 5.58. The van der Waals surface area contributed by atoms with Crippen LogP contribution >= 0.6 is 11.8 Å². The van der Waals surface area contributed by atoms with Gasteiger partial charge in [0, 0.05) is 4.98 Å². The molecule has 0 amide bonds. The van der Waals surface area contributed by atoms with Gasteiger partial charge in [-0.05, 0) is 6.26 Å². The highest BCUT2D eigenvalue weighted by molar-refractivity contribution is 8.13. The molecule has 3 N–H and O–H groups in total. The maximum absolute atomic E-state index is 5.58. The van der Waals surface area contributed by atoms with E-state index in [0.717, 1.165) is 0 Å². The average Bonchev–Trinajstić information content (AvgIpc) is 2.29. The van der Waals surface area contributed by atoms with Crippen molar-refractivity contribution in [2.24, 2.45) is 10.7 Å². The number of methoxy groups -OCH3 is 2. The minimum Gasteiger partial charge on any atom is -1.00 e. The zero-order valence-corrected chi connectivity index (χ0v) is 12.1. The summed E-state index contributed by atoms with van der Waals surface area (Å²) in [4.78, 5) is 10.9. The van der Waals surface area contributed by atoms with Gasteiger partial charge in [0.2, 0.25) is 0 Å². The van der Waals surface area contributed by atoms with Crippen LogP contribution in [0.15, 0.2) is 11.2 Å². The Labute approximate surface area is 115 Å². The van der Waals surface area contributed by atoms with Gasteiger partial charge in [0.05, 0.1) is 14.2 Å². The molecule has 0 atom stereocenters. The Bertz CT molecular complexity index is 375. The van der Waals surface area contributed by atoms with Gasteiger partial charge in [0.15, 0.2) is 10.9 Å². The molecule has 0 bridgehead atoms.